The maximum Gasteiger partial charge on any atom is 0.258 e. The second-order valence-corrected chi connectivity index (χ2v) is 5.89. The largest absolute Gasteiger partial charge is 0.492 e. The van der Waals surface area contributed by atoms with E-state index in [1.54, 1.807) is 18.3 Å². The van der Waals surface area contributed by atoms with Crippen molar-refractivity contribution in [3.8, 4) is 17.2 Å². The summed E-state index contributed by atoms with van der Waals surface area (Å²) in [6.07, 6.45) is 1.63. The van der Waals surface area contributed by atoms with E-state index in [0.29, 0.717) is 24.1 Å². The van der Waals surface area contributed by atoms with Gasteiger partial charge in [-0.05, 0) is 24.3 Å². The lowest BCUT2D eigenvalue weighted by Gasteiger charge is -2.08. The van der Waals surface area contributed by atoms with Crippen LogP contribution in [0, 0.1) is 11.6 Å². The third kappa shape index (κ3) is 4.33. The molecule has 0 radical (unpaired) electrons. The highest BCUT2D eigenvalue weighted by atomic mass is 19.2. The van der Waals surface area contributed by atoms with Crippen LogP contribution in [0.4, 0.5) is 14.6 Å². The number of ether oxygens (including phenoxy) is 1. The van der Waals surface area contributed by atoms with Gasteiger partial charge in [-0.15, -0.1) is 0 Å². The molecule has 0 bridgehead atoms. The summed E-state index contributed by atoms with van der Waals surface area (Å²) in [4.78, 5) is 8.56. The van der Waals surface area contributed by atoms with Crippen molar-refractivity contribution in [2.24, 2.45) is 0 Å². The Hall–Kier alpha value is -3.03. The van der Waals surface area contributed by atoms with Crippen LogP contribution in [-0.2, 0) is 0 Å². The van der Waals surface area contributed by atoms with E-state index in [1.807, 2.05) is 13.8 Å². The van der Waals surface area contributed by atoms with Gasteiger partial charge in [0, 0.05) is 23.7 Å². The number of nitrogens with zero attached hydrogens (tertiary/aromatic N) is 3. The van der Waals surface area contributed by atoms with E-state index < -0.39 is 11.6 Å². The van der Waals surface area contributed by atoms with Crippen molar-refractivity contribution < 1.29 is 18.0 Å². The smallest absolute Gasteiger partial charge is 0.258 e. The number of pyridine rings is 1. The molecule has 0 unspecified atom stereocenters. The van der Waals surface area contributed by atoms with Crippen LogP contribution in [-0.4, -0.2) is 28.3 Å². The minimum atomic E-state index is -0.940. The summed E-state index contributed by atoms with van der Waals surface area (Å²) in [5, 5.41) is 7.03. The fourth-order valence-corrected chi connectivity index (χ4v) is 2.16. The monoisotopic (exact) mass is 360 g/mol. The van der Waals surface area contributed by atoms with E-state index in [0.717, 1.165) is 17.7 Å². The van der Waals surface area contributed by atoms with E-state index in [2.05, 4.69) is 20.4 Å². The molecule has 2 heterocycles. The molecule has 2 aromatic heterocycles. The number of anilines is 1. The first-order valence-corrected chi connectivity index (χ1v) is 8.14. The lowest BCUT2D eigenvalue weighted by molar-refractivity contribution is 0.329. The quantitative estimate of drug-likeness (QED) is 0.642. The maximum absolute atomic E-state index is 13.1. The molecule has 136 valence electrons. The summed E-state index contributed by atoms with van der Waals surface area (Å²) in [5.74, 6) is 0.285. The Kier molecular flexibility index (Phi) is 5.40. The number of benzene rings is 1. The van der Waals surface area contributed by atoms with Gasteiger partial charge in [0.1, 0.15) is 18.2 Å². The fourth-order valence-electron chi connectivity index (χ4n) is 2.16. The first kappa shape index (κ1) is 17.8. The van der Waals surface area contributed by atoms with Gasteiger partial charge in [-0.25, -0.2) is 13.8 Å². The molecule has 1 N–H and O–H groups in total. The lowest BCUT2D eigenvalue weighted by Crippen LogP contribution is -2.12. The molecule has 0 fully saturated rings. The van der Waals surface area contributed by atoms with Gasteiger partial charge in [-0.2, -0.15) is 4.98 Å². The van der Waals surface area contributed by atoms with Crippen LogP contribution >= 0.6 is 0 Å². The highest BCUT2D eigenvalue weighted by Crippen LogP contribution is 2.21. The summed E-state index contributed by atoms with van der Waals surface area (Å²) in [6.45, 7) is 4.66. The highest BCUT2D eigenvalue weighted by Gasteiger charge is 2.12. The topological polar surface area (TPSA) is 73.1 Å². The number of hydrogen-bond donors (Lipinski definition) is 1. The fraction of sp³-hybridized carbons (Fsp3) is 0.278. The standard InChI is InChI=1S/C18H18F2N4O2/c1-11(2)17-23-18(26-24-17)12-5-6-21-16(9-12)22-7-8-25-13-3-4-14(19)15(20)10-13/h3-6,9-11H,7-8H2,1-2H3,(H,21,22). The minimum absolute atomic E-state index is 0.181. The zero-order valence-electron chi connectivity index (χ0n) is 14.4. The molecule has 0 amide bonds. The summed E-state index contributed by atoms with van der Waals surface area (Å²) in [7, 11) is 0. The molecule has 0 saturated carbocycles. The molecule has 0 aliphatic carbocycles. The molecule has 3 rings (SSSR count). The Morgan fingerprint density at radius 1 is 1.15 bits per heavy atom. The van der Waals surface area contributed by atoms with Crippen molar-refractivity contribution in [3.05, 3.63) is 54.0 Å². The first-order valence-electron chi connectivity index (χ1n) is 8.14. The molecule has 8 heteroatoms. The van der Waals surface area contributed by atoms with E-state index in [4.69, 9.17) is 9.26 Å². The van der Waals surface area contributed by atoms with Crippen LogP contribution in [0.15, 0.2) is 41.1 Å². The van der Waals surface area contributed by atoms with Gasteiger partial charge in [-0.3, -0.25) is 0 Å². The second-order valence-electron chi connectivity index (χ2n) is 5.89. The van der Waals surface area contributed by atoms with Gasteiger partial charge in [-0.1, -0.05) is 19.0 Å². The number of hydrogen-bond acceptors (Lipinski definition) is 6. The summed E-state index contributed by atoms with van der Waals surface area (Å²) >= 11 is 0. The van der Waals surface area contributed by atoms with E-state index in [-0.39, 0.29) is 18.3 Å². The van der Waals surface area contributed by atoms with E-state index >= 15 is 0 Å². The highest BCUT2D eigenvalue weighted by molar-refractivity contribution is 5.57. The van der Waals surface area contributed by atoms with Crippen molar-refractivity contribution in [1.82, 2.24) is 15.1 Å². The summed E-state index contributed by atoms with van der Waals surface area (Å²) in [5.41, 5.74) is 0.753. The van der Waals surface area contributed by atoms with Crippen LogP contribution < -0.4 is 10.1 Å². The molecule has 0 aliphatic rings. The SMILES string of the molecule is CC(C)c1noc(-c2ccnc(NCCOc3ccc(F)c(F)c3)c2)n1. The van der Waals surface area contributed by atoms with Gasteiger partial charge in [0.2, 0.25) is 0 Å². The zero-order chi connectivity index (χ0) is 18.5. The van der Waals surface area contributed by atoms with Crippen LogP contribution in [0.1, 0.15) is 25.6 Å². The Labute approximate surface area is 149 Å². The molecule has 6 nitrogen and oxygen atoms in total. The molecule has 1 aromatic carbocycles. The van der Waals surface area contributed by atoms with Gasteiger partial charge in [0.15, 0.2) is 17.5 Å². The number of rotatable bonds is 7. The predicted octanol–water partition coefficient (Wildman–Crippen LogP) is 4.02. The van der Waals surface area contributed by atoms with Gasteiger partial charge in [0.05, 0.1) is 6.54 Å². The molecular formula is C18H18F2N4O2. The number of nitrogens with one attached hydrogen (secondary N) is 1. The van der Waals surface area contributed by atoms with Crippen molar-refractivity contribution in [2.45, 2.75) is 19.8 Å². The van der Waals surface area contributed by atoms with Gasteiger partial charge < -0.3 is 14.6 Å². The Bertz CT molecular complexity index is 883. The maximum atomic E-state index is 13.1. The first-order chi connectivity index (χ1) is 12.5. The Morgan fingerprint density at radius 2 is 2.00 bits per heavy atom. The van der Waals surface area contributed by atoms with Crippen LogP contribution in [0.3, 0.4) is 0 Å². The summed E-state index contributed by atoms with van der Waals surface area (Å²) < 4.78 is 36.6. The lowest BCUT2D eigenvalue weighted by atomic mass is 10.2. The molecule has 0 aliphatic heterocycles. The zero-order valence-corrected chi connectivity index (χ0v) is 14.4. The Balaban J connectivity index is 1.56. The van der Waals surface area contributed by atoms with E-state index in [1.165, 1.54) is 6.07 Å². The molecular weight excluding hydrogens is 342 g/mol. The van der Waals surface area contributed by atoms with Crippen LogP contribution in [0.25, 0.3) is 11.5 Å². The molecule has 26 heavy (non-hydrogen) atoms. The second kappa shape index (κ2) is 7.90. The molecule has 3 aromatic rings. The average Bonchev–Trinajstić information content (AvgIpc) is 3.12. The summed E-state index contributed by atoms with van der Waals surface area (Å²) in [6, 6.07) is 6.98. The normalized spacial score (nSPS) is 11.0. The molecule has 0 spiro atoms. The Morgan fingerprint density at radius 3 is 2.73 bits per heavy atom. The average molecular weight is 360 g/mol. The third-order valence-electron chi connectivity index (χ3n) is 3.53. The van der Waals surface area contributed by atoms with Crippen LogP contribution in [0.5, 0.6) is 5.75 Å². The van der Waals surface area contributed by atoms with Crippen molar-refractivity contribution in [1.29, 1.82) is 0 Å². The van der Waals surface area contributed by atoms with Gasteiger partial charge >= 0.3 is 0 Å². The van der Waals surface area contributed by atoms with Crippen molar-refractivity contribution in [2.75, 3.05) is 18.5 Å². The predicted molar refractivity (Wildman–Crippen MR) is 92.0 cm³/mol. The molecule has 0 saturated heterocycles. The minimum Gasteiger partial charge on any atom is -0.492 e. The van der Waals surface area contributed by atoms with Gasteiger partial charge in [0.25, 0.3) is 5.89 Å². The number of halogens is 2. The van der Waals surface area contributed by atoms with Crippen molar-refractivity contribution in [3.63, 3.8) is 0 Å². The third-order valence-corrected chi connectivity index (χ3v) is 3.53. The number of aromatic nitrogens is 3. The van der Waals surface area contributed by atoms with Crippen LogP contribution in [0.2, 0.25) is 0 Å². The van der Waals surface area contributed by atoms with E-state index in [9.17, 15) is 8.78 Å². The molecule has 0 atom stereocenters. The van der Waals surface area contributed by atoms with Crippen molar-refractivity contribution >= 4 is 5.82 Å².